The fourth-order valence-corrected chi connectivity index (χ4v) is 2.64. The second-order valence-corrected chi connectivity index (χ2v) is 4.73. The monoisotopic (exact) mass is 198 g/mol. The third kappa shape index (κ3) is 3.12. The van der Waals surface area contributed by atoms with Gasteiger partial charge in [-0.2, -0.15) is 0 Å². The second-order valence-electron chi connectivity index (χ2n) is 4.73. The predicted molar refractivity (Wildman–Crippen MR) is 66.2 cm³/mol. The average molecular weight is 198 g/mol. The summed E-state index contributed by atoms with van der Waals surface area (Å²) in [6.45, 7) is 0. The zero-order valence-electron chi connectivity index (χ0n) is 9.36. The number of hydrogen-bond donors (Lipinski definition) is 0. The second kappa shape index (κ2) is 5.39. The van der Waals surface area contributed by atoms with Crippen LogP contribution in [0.5, 0.6) is 0 Å². The van der Waals surface area contributed by atoms with Gasteiger partial charge in [-0.15, -0.1) is 0 Å². The summed E-state index contributed by atoms with van der Waals surface area (Å²) < 4.78 is 0. The summed E-state index contributed by atoms with van der Waals surface area (Å²) in [5, 5.41) is 0. The van der Waals surface area contributed by atoms with Gasteiger partial charge in [0.25, 0.3) is 0 Å². The Balaban J connectivity index is 1.71. The first kappa shape index (κ1) is 10.8. The lowest BCUT2D eigenvalue weighted by Crippen LogP contribution is -2.02. The van der Waals surface area contributed by atoms with E-state index >= 15 is 0 Å². The van der Waals surface area contributed by atoms with E-state index in [0.29, 0.717) is 5.82 Å². The van der Waals surface area contributed by atoms with Crippen LogP contribution in [0.15, 0.2) is 30.3 Å². The smallest absolute Gasteiger partial charge is 0.0703 e. The van der Waals surface area contributed by atoms with Crippen LogP contribution in [0.1, 0.15) is 37.7 Å². The highest BCUT2D eigenvalue weighted by Gasteiger charge is 2.21. The molecule has 1 aliphatic carbocycles. The van der Waals surface area contributed by atoms with E-state index in [9.17, 15) is 0 Å². The molecule has 0 spiro atoms. The van der Waals surface area contributed by atoms with E-state index in [4.69, 9.17) is 7.85 Å². The van der Waals surface area contributed by atoms with Gasteiger partial charge in [0.2, 0.25) is 0 Å². The molecule has 1 fully saturated rings. The lowest BCUT2D eigenvalue weighted by molar-refractivity contribution is 0.484. The normalized spacial score (nSPS) is 25.6. The van der Waals surface area contributed by atoms with Crippen molar-refractivity contribution >= 4 is 7.85 Å². The van der Waals surface area contributed by atoms with Gasteiger partial charge in [-0.05, 0) is 24.3 Å². The molecule has 0 nitrogen and oxygen atoms in total. The minimum Gasteiger partial charge on any atom is -0.0746 e. The average Bonchev–Trinajstić information content (AvgIpc) is 2.66. The van der Waals surface area contributed by atoms with Crippen molar-refractivity contribution in [1.29, 1.82) is 0 Å². The highest BCUT2D eigenvalue weighted by Crippen LogP contribution is 2.37. The summed E-state index contributed by atoms with van der Waals surface area (Å²) in [4.78, 5) is 0. The Morgan fingerprint density at radius 3 is 2.60 bits per heavy atom. The van der Waals surface area contributed by atoms with Crippen LogP contribution >= 0.6 is 0 Å². The molecule has 1 aliphatic rings. The van der Waals surface area contributed by atoms with Crippen LogP contribution in [0.25, 0.3) is 0 Å². The lowest BCUT2D eigenvalue weighted by atomic mass is 9.77. The van der Waals surface area contributed by atoms with Gasteiger partial charge in [0.15, 0.2) is 0 Å². The third-order valence-electron chi connectivity index (χ3n) is 3.60. The Bertz CT molecular complexity index is 281. The van der Waals surface area contributed by atoms with Crippen molar-refractivity contribution in [3.63, 3.8) is 0 Å². The van der Waals surface area contributed by atoms with Crippen molar-refractivity contribution in [2.24, 2.45) is 5.92 Å². The molecule has 0 N–H and O–H groups in total. The summed E-state index contributed by atoms with van der Waals surface area (Å²) in [6.07, 6.45) is 7.77. The van der Waals surface area contributed by atoms with Gasteiger partial charge in [-0.25, -0.2) is 0 Å². The number of aryl methyl sites for hydroxylation is 1. The largest absolute Gasteiger partial charge is 0.0746 e. The Morgan fingerprint density at radius 1 is 1.13 bits per heavy atom. The molecule has 2 radical (unpaired) electrons. The first-order valence-electron chi connectivity index (χ1n) is 6.16. The van der Waals surface area contributed by atoms with Gasteiger partial charge < -0.3 is 0 Å². The van der Waals surface area contributed by atoms with Gasteiger partial charge in [-0.1, -0.05) is 61.8 Å². The molecule has 1 heteroatoms. The molecule has 1 aromatic rings. The topological polar surface area (TPSA) is 0 Å². The molecule has 1 aromatic carbocycles. The summed E-state index contributed by atoms with van der Waals surface area (Å²) in [5.41, 5.74) is 1.46. The fourth-order valence-electron chi connectivity index (χ4n) is 2.64. The Hall–Kier alpha value is -0.715. The van der Waals surface area contributed by atoms with Gasteiger partial charge in [-0.3, -0.25) is 0 Å². The Morgan fingerprint density at radius 2 is 1.93 bits per heavy atom. The molecule has 0 amide bonds. The zero-order chi connectivity index (χ0) is 10.5. The Labute approximate surface area is 94.5 Å². The predicted octanol–water partition coefficient (Wildman–Crippen LogP) is 3.77. The molecular weight excluding hydrogens is 179 g/mol. The van der Waals surface area contributed by atoms with Crippen LogP contribution in [0, 0.1) is 5.92 Å². The first-order chi connectivity index (χ1) is 7.36. The van der Waals surface area contributed by atoms with E-state index in [-0.39, 0.29) is 0 Å². The zero-order valence-corrected chi connectivity index (χ0v) is 9.36. The van der Waals surface area contributed by atoms with E-state index in [1.807, 2.05) is 0 Å². The van der Waals surface area contributed by atoms with E-state index < -0.39 is 0 Å². The van der Waals surface area contributed by atoms with Crippen LogP contribution in [0.2, 0.25) is 5.82 Å². The van der Waals surface area contributed by atoms with Crippen molar-refractivity contribution in [1.82, 2.24) is 0 Å². The molecule has 78 valence electrons. The van der Waals surface area contributed by atoms with Crippen molar-refractivity contribution in [2.45, 2.75) is 44.3 Å². The standard InChI is InChI=1S/C14H19B/c15-14-11-5-10-13(14)9-4-8-12-6-2-1-3-7-12/h1-3,6-7,13-14H,4-5,8-11H2. The van der Waals surface area contributed by atoms with E-state index in [2.05, 4.69) is 30.3 Å². The van der Waals surface area contributed by atoms with E-state index in [1.54, 1.807) is 0 Å². The van der Waals surface area contributed by atoms with Crippen LogP contribution in [-0.2, 0) is 6.42 Å². The van der Waals surface area contributed by atoms with Crippen molar-refractivity contribution in [3.05, 3.63) is 35.9 Å². The van der Waals surface area contributed by atoms with E-state index in [1.165, 1.54) is 44.1 Å². The van der Waals surface area contributed by atoms with Crippen molar-refractivity contribution in [2.75, 3.05) is 0 Å². The highest BCUT2D eigenvalue weighted by molar-refractivity contribution is 6.11. The first-order valence-corrected chi connectivity index (χ1v) is 6.16. The molecule has 0 bridgehead atoms. The van der Waals surface area contributed by atoms with Crippen LogP contribution in [0.4, 0.5) is 0 Å². The fraction of sp³-hybridized carbons (Fsp3) is 0.571. The van der Waals surface area contributed by atoms with Gasteiger partial charge >= 0.3 is 0 Å². The molecule has 0 aromatic heterocycles. The lowest BCUT2D eigenvalue weighted by Gasteiger charge is -2.14. The molecule has 1 saturated carbocycles. The summed E-state index contributed by atoms with van der Waals surface area (Å²) in [6, 6.07) is 10.8. The quantitative estimate of drug-likeness (QED) is 0.646. The van der Waals surface area contributed by atoms with Crippen molar-refractivity contribution < 1.29 is 0 Å². The number of rotatable bonds is 4. The molecule has 2 unspecified atom stereocenters. The molecule has 0 aliphatic heterocycles. The van der Waals surface area contributed by atoms with Crippen LogP contribution in [0.3, 0.4) is 0 Å². The number of benzene rings is 1. The summed E-state index contributed by atoms with van der Waals surface area (Å²) in [7, 11) is 6.06. The minimum atomic E-state index is 0.487. The molecular formula is C14H19B. The molecule has 0 heterocycles. The summed E-state index contributed by atoms with van der Waals surface area (Å²) >= 11 is 0. The Kier molecular flexibility index (Phi) is 3.88. The maximum absolute atomic E-state index is 6.06. The van der Waals surface area contributed by atoms with Crippen LogP contribution in [-0.4, -0.2) is 7.85 Å². The third-order valence-corrected chi connectivity index (χ3v) is 3.60. The van der Waals surface area contributed by atoms with Gasteiger partial charge in [0.1, 0.15) is 0 Å². The maximum atomic E-state index is 6.06. The molecule has 15 heavy (non-hydrogen) atoms. The summed E-state index contributed by atoms with van der Waals surface area (Å²) in [5.74, 6) is 1.29. The van der Waals surface area contributed by atoms with Crippen LogP contribution < -0.4 is 0 Å². The number of hydrogen-bond acceptors (Lipinski definition) is 0. The highest BCUT2D eigenvalue weighted by atomic mass is 14.2. The van der Waals surface area contributed by atoms with E-state index in [0.717, 1.165) is 5.92 Å². The molecule has 2 atom stereocenters. The van der Waals surface area contributed by atoms with Gasteiger partial charge in [0.05, 0.1) is 7.85 Å². The molecule has 2 rings (SSSR count). The van der Waals surface area contributed by atoms with Gasteiger partial charge in [0, 0.05) is 0 Å². The molecule has 0 saturated heterocycles. The SMILES string of the molecule is [B]C1CCCC1CCCc1ccccc1. The minimum absolute atomic E-state index is 0.487. The maximum Gasteiger partial charge on any atom is 0.0703 e. The van der Waals surface area contributed by atoms with Crippen molar-refractivity contribution in [3.8, 4) is 0 Å².